The number of aromatic amines is 1. The van der Waals surface area contributed by atoms with Crippen LogP contribution in [0, 0.1) is 5.92 Å². The molecule has 1 aromatic rings. The standard InChI is InChI=1S/C8H12N4O2/c9-8-10-6(11-12-8)7(13)14-4-3-5-1-2-5/h5H,1-4H2,(H3,9,10,11,12). The molecule has 0 unspecified atom stereocenters. The van der Waals surface area contributed by atoms with Gasteiger partial charge < -0.3 is 10.5 Å². The molecule has 76 valence electrons. The lowest BCUT2D eigenvalue weighted by Gasteiger charge is -2.00. The quantitative estimate of drug-likeness (QED) is 0.677. The molecule has 6 nitrogen and oxygen atoms in total. The van der Waals surface area contributed by atoms with Crippen LogP contribution in [-0.2, 0) is 4.74 Å². The first-order valence-electron chi connectivity index (χ1n) is 4.60. The van der Waals surface area contributed by atoms with Crippen LogP contribution in [0.1, 0.15) is 29.9 Å². The predicted octanol–water partition coefficient (Wildman–Crippen LogP) is 0.344. The van der Waals surface area contributed by atoms with Crippen molar-refractivity contribution < 1.29 is 9.53 Å². The number of hydrogen-bond donors (Lipinski definition) is 2. The van der Waals surface area contributed by atoms with Gasteiger partial charge >= 0.3 is 5.97 Å². The molecule has 0 amide bonds. The second kappa shape index (κ2) is 3.65. The maximum atomic E-state index is 11.2. The molecule has 0 aromatic carbocycles. The van der Waals surface area contributed by atoms with E-state index in [1.807, 2.05) is 0 Å². The summed E-state index contributed by atoms with van der Waals surface area (Å²) in [4.78, 5) is 14.9. The Bertz CT molecular complexity index is 332. The van der Waals surface area contributed by atoms with Crippen LogP contribution in [0.25, 0.3) is 0 Å². The Morgan fingerprint density at radius 3 is 3.00 bits per heavy atom. The van der Waals surface area contributed by atoms with Crippen molar-refractivity contribution in [3.8, 4) is 0 Å². The van der Waals surface area contributed by atoms with Crippen LogP contribution in [-0.4, -0.2) is 27.8 Å². The van der Waals surface area contributed by atoms with E-state index in [0.717, 1.165) is 12.3 Å². The molecule has 0 radical (unpaired) electrons. The van der Waals surface area contributed by atoms with Gasteiger partial charge in [0.05, 0.1) is 6.61 Å². The lowest BCUT2D eigenvalue weighted by Crippen LogP contribution is -2.08. The summed E-state index contributed by atoms with van der Waals surface area (Å²) in [6.45, 7) is 0.449. The van der Waals surface area contributed by atoms with Gasteiger partial charge in [-0.25, -0.2) is 4.79 Å². The van der Waals surface area contributed by atoms with Gasteiger partial charge in [0, 0.05) is 0 Å². The number of esters is 1. The molecule has 0 bridgehead atoms. The van der Waals surface area contributed by atoms with Crippen LogP contribution in [0.2, 0.25) is 0 Å². The van der Waals surface area contributed by atoms with Gasteiger partial charge in [-0.15, -0.1) is 5.10 Å². The van der Waals surface area contributed by atoms with E-state index in [0.29, 0.717) is 6.61 Å². The largest absolute Gasteiger partial charge is 0.460 e. The zero-order chi connectivity index (χ0) is 9.97. The smallest absolute Gasteiger partial charge is 0.375 e. The van der Waals surface area contributed by atoms with E-state index < -0.39 is 5.97 Å². The van der Waals surface area contributed by atoms with Crippen molar-refractivity contribution in [2.24, 2.45) is 5.92 Å². The summed E-state index contributed by atoms with van der Waals surface area (Å²) in [6.07, 6.45) is 3.45. The maximum Gasteiger partial charge on any atom is 0.375 e. The highest BCUT2D eigenvalue weighted by molar-refractivity contribution is 5.85. The molecule has 1 saturated carbocycles. The summed E-state index contributed by atoms with van der Waals surface area (Å²) in [5.74, 6) is 0.384. The number of carbonyl (C=O) groups excluding carboxylic acids is 1. The van der Waals surface area contributed by atoms with Crippen molar-refractivity contribution >= 4 is 11.9 Å². The molecule has 1 aromatic heterocycles. The molecule has 0 atom stereocenters. The third-order valence-corrected chi connectivity index (χ3v) is 2.15. The van der Waals surface area contributed by atoms with E-state index >= 15 is 0 Å². The molecule has 2 rings (SSSR count). The Morgan fingerprint density at radius 1 is 1.64 bits per heavy atom. The second-order valence-electron chi connectivity index (χ2n) is 3.41. The Kier molecular flexibility index (Phi) is 2.34. The molecule has 1 aliphatic carbocycles. The number of nitrogens with zero attached hydrogens (tertiary/aromatic N) is 2. The van der Waals surface area contributed by atoms with Crippen molar-refractivity contribution in [1.82, 2.24) is 15.2 Å². The van der Waals surface area contributed by atoms with Crippen LogP contribution < -0.4 is 5.73 Å². The average Bonchev–Trinajstić information content (AvgIpc) is 2.87. The average molecular weight is 196 g/mol. The van der Waals surface area contributed by atoms with Crippen molar-refractivity contribution in [3.05, 3.63) is 5.82 Å². The molecule has 3 N–H and O–H groups in total. The molecular weight excluding hydrogens is 184 g/mol. The monoisotopic (exact) mass is 196 g/mol. The third-order valence-electron chi connectivity index (χ3n) is 2.15. The molecule has 1 heterocycles. The van der Waals surface area contributed by atoms with E-state index in [9.17, 15) is 4.79 Å². The first kappa shape index (κ1) is 8.98. The maximum absolute atomic E-state index is 11.2. The number of carbonyl (C=O) groups is 1. The third kappa shape index (κ3) is 2.21. The van der Waals surface area contributed by atoms with Crippen LogP contribution in [0.15, 0.2) is 0 Å². The lowest BCUT2D eigenvalue weighted by atomic mass is 10.3. The molecule has 6 heteroatoms. The number of nitrogens with one attached hydrogen (secondary N) is 1. The van der Waals surface area contributed by atoms with Crippen molar-refractivity contribution in [2.75, 3.05) is 12.3 Å². The first-order valence-corrected chi connectivity index (χ1v) is 4.60. The van der Waals surface area contributed by atoms with Gasteiger partial charge in [0.2, 0.25) is 11.8 Å². The number of aromatic nitrogens is 3. The van der Waals surface area contributed by atoms with E-state index in [2.05, 4.69) is 15.2 Å². The highest BCUT2D eigenvalue weighted by atomic mass is 16.5. The fourth-order valence-corrected chi connectivity index (χ4v) is 1.16. The molecule has 1 fully saturated rings. The van der Waals surface area contributed by atoms with Crippen molar-refractivity contribution in [3.63, 3.8) is 0 Å². The fourth-order valence-electron chi connectivity index (χ4n) is 1.16. The summed E-state index contributed by atoms with van der Waals surface area (Å²) in [5, 5.41) is 5.93. The lowest BCUT2D eigenvalue weighted by molar-refractivity contribution is 0.0481. The summed E-state index contributed by atoms with van der Waals surface area (Å²) in [5.41, 5.74) is 5.24. The van der Waals surface area contributed by atoms with E-state index in [-0.39, 0.29) is 11.8 Å². The molecule has 0 aliphatic heterocycles. The second-order valence-corrected chi connectivity index (χ2v) is 3.41. The Morgan fingerprint density at radius 2 is 2.43 bits per heavy atom. The number of rotatable bonds is 4. The van der Waals surface area contributed by atoms with E-state index in [1.165, 1.54) is 12.8 Å². The van der Waals surface area contributed by atoms with Crippen LogP contribution in [0.3, 0.4) is 0 Å². The summed E-state index contributed by atoms with van der Waals surface area (Å²) >= 11 is 0. The number of H-pyrrole nitrogens is 1. The molecule has 0 spiro atoms. The van der Waals surface area contributed by atoms with Crippen LogP contribution in [0.5, 0.6) is 0 Å². The SMILES string of the molecule is Nc1n[nH]c(C(=O)OCCC2CC2)n1. The van der Waals surface area contributed by atoms with Gasteiger partial charge in [0.1, 0.15) is 0 Å². The van der Waals surface area contributed by atoms with Gasteiger partial charge in [-0.3, -0.25) is 5.10 Å². The van der Waals surface area contributed by atoms with Crippen molar-refractivity contribution in [1.29, 1.82) is 0 Å². The number of nitrogens with two attached hydrogens (primary N) is 1. The predicted molar refractivity (Wildman–Crippen MR) is 48.4 cm³/mol. The zero-order valence-corrected chi connectivity index (χ0v) is 7.69. The molecule has 1 aliphatic rings. The summed E-state index contributed by atoms with van der Waals surface area (Å²) < 4.78 is 4.96. The Labute approximate surface area is 80.8 Å². The minimum Gasteiger partial charge on any atom is -0.460 e. The minimum atomic E-state index is -0.491. The number of hydrogen-bond acceptors (Lipinski definition) is 5. The van der Waals surface area contributed by atoms with E-state index in [4.69, 9.17) is 10.5 Å². The molecule has 0 saturated heterocycles. The normalized spacial score (nSPS) is 15.4. The van der Waals surface area contributed by atoms with Gasteiger partial charge in [-0.05, 0) is 12.3 Å². The van der Waals surface area contributed by atoms with Gasteiger partial charge in [0.25, 0.3) is 0 Å². The zero-order valence-electron chi connectivity index (χ0n) is 7.69. The van der Waals surface area contributed by atoms with Crippen LogP contribution >= 0.6 is 0 Å². The van der Waals surface area contributed by atoms with Crippen LogP contribution in [0.4, 0.5) is 5.95 Å². The van der Waals surface area contributed by atoms with Gasteiger partial charge in [0.15, 0.2) is 0 Å². The Hall–Kier alpha value is -1.59. The fraction of sp³-hybridized carbons (Fsp3) is 0.625. The van der Waals surface area contributed by atoms with Crippen molar-refractivity contribution in [2.45, 2.75) is 19.3 Å². The first-order chi connectivity index (χ1) is 6.75. The number of anilines is 1. The van der Waals surface area contributed by atoms with Gasteiger partial charge in [-0.2, -0.15) is 4.98 Å². The van der Waals surface area contributed by atoms with Gasteiger partial charge in [-0.1, -0.05) is 12.8 Å². The summed E-state index contributed by atoms with van der Waals surface area (Å²) in [6, 6.07) is 0. The number of nitrogen functional groups attached to an aromatic ring is 1. The topological polar surface area (TPSA) is 93.9 Å². The highest BCUT2D eigenvalue weighted by Crippen LogP contribution is 2.32. The molecular formula is C8H12N4O2. The summed E-state index contributed by atoms with van der Waals surface area (Å²) in [7, 11) is 0. The molecule has 14 heavy (non-hydrogen) atoms. The Balaban J connectivity index is 1.76. The van der Waals surface area contributed by atoms with E-state index in [1.54, 1.807) is 0 Å². The number of ether oxygens (including phenoxy) is 1. The highest BCUT2D eigenvalue weighted by Gasteiger charge is 2.21. The minimum absolute atomic E-state index is 0.0548.